The van der Waals surface area contributed by atoms with Crippen LogP contribution >= 0.6 is 0 Å². The highest BCUT2D eigenvalue weighted by Crippen LogP contribution is 2.24. The number of hydrogen-bond acceptors (Lipinski definition) is 3. The molecule has 0 spiro atoms. The van der Waals surface area contributed by atoms with Crippen LogP contribution in [0, 0.1) is 6.92 Å². The summed E-state index contributed by atoms with van der Waals surface area (Å²) in [5.74, 6) is -1.43. The Morgan fingerprint density at radius 1 is 1.67 bits per heavy atom. The minimum atomic E-state index is -2.92. The van der Waals surface area contributed by atoms with Crippen molar-refractivity contribution in [2.45, 2.75) is 19.9 Å². The van der Waals surface area contributed by atoms with Crippen LogP contribution in [-0.2, 0) is 6.54 Å². The molecule has 0 saturated carbocycles. The average Bonchev–Trinajstić information content (AvgIpc) is 2.15. The molecule has 0 aliphatic carbocycles. The van der Waals surface area contributed by atoms with Gasteiger partial charge in [-0.3, -0.25) is 4.98 Å². The molecule has 0 fully saturated rings. The number of carbonyl (C=O) groups is 1. The zero-order valence-corrected chi connectivity index (χ0v) is 8.00. The van der Waals surface area contributed by atoms with Gasteiger partial charge in [-0.05, 0) is 18.6 Å². The topological polar surface area (TPSA) is 76.2 Å². The first-order valence-electron chi connectivity index (χ1n) is 4.19. The minimum absolute atomic E-state index is 0.106. The SMILES string of the molecule is Cc1cc(CN)c(C(=O)O)c(C(F)F)n1. The third-order valence-electron chi connectivity index (χ3n) is 1.90. The predicted molar refractivity (Wildman–Crippen MR) is 48.8 cm³/mol. The first-order valence-corrected chi connectivity index (χ1v) is 4.19. The maximum atomic E-state index is 12.5. The molecule has 1 heterocycles. The van der Waals surface area contributed by atoms with Crippen LogP contribution in [0.1, 0.15) is 33.7 Å². The number of pyridine rings is 1. The van der Waals surface area contributed by atoms with Crippen LogP contribution in [0.15, 0.2) is 6.07 Å². The highest BCUT2D eigenvalue weighted by Gasteiger charge is 2.23. The van der Waals surface area contributed by atoms with Crippen molar-refractivity contribution in [3.05, 3.63) is 28.6 Å². The number of carboxylic acid groups (broad SMARTS) is 1. The summed E-state index contributed by atoms with van der Waals surface area (Å²) in [6.07, 6.45) is -2.92. The first kappa shape index (κ1) is 11.5. The van der Waals surface area contributed by atoms with Crippen molar-refractivity contribution in [1.82, 2.24) is 4.98 Å². The lowest BCUT2D eigenvalue weighted by Crippen LogP contribution is -2.13. The van der Waals surface area contributed by atoms with Gasteiger partial charge in [-0.15, -0.1) is 0 Å². The van der Waals surface area contributed by atoms with E-state index in [4.69, 9.17) is 10.8 Å². The lowest BCUT2D eigenvalue weighted by molar-refractivity contribution is 0.0680. The van der Waals surface area contributed by atoms with Crippen molar-refractivity contribution in [2.24, 2.45) is 5.73 Å². The normalized spacial score (nSPS) is 10.7. The van der Waals surface area contributed by atoms with Gasteiger partial charge in [-0.2, -0.15) is 0 Å². The second-order valence-corrected chi connectivity index (χ2v) is 2.99. The summed E-state index contributed by atoms with van der Waals surface area (Å²) in [6, 6.07) is 1.40. The molecule has 0 aromatic carbocycles. The van der Waals surface area contributed by atoms with Gasteiger partial charge < -0.3 is 10.8 Å². The van der Waals surface area contributed by atoms with Gasteiger partial charge in [0, 0.05) is 12.2 Å². The Kier molecular flexibility index (Phi) is 3.31. The Balaban J connectivity index is 3.47. The summed E-state index contributed by atoms with van der Waals surface area (Å²) in [4.78, 5) is 14.3. The van der Waals surface area contributed by atoms with E-state index in [0.717, 1.165) is 0 Å². The van der Waals surface area contributed by atoms with E-state index in [1.54, 1.807) is 0 Å². The predicted octanol–water partition coefficient (Wildman–Crippen LogP) is 1.48. The number of hydrogen-bond donors (Lipinski definition) is 2. The van der Waals surface area contributed by atoms with Crippen LogP contribution in [0.25, 0.3) is 0 Å². The number of aromatic carboxylic acids is 1. The lowest BCUT2D eigenvalue weighted by Gasteiger charge is -2.10. The average molecular weight is 216 g/mol. The molecule has 1 rings (SSSR count). The fraction of sp³-hybridized carbons (Fsp3) is 0.333. The summed E-state index contributed by atoms with van der Waals surface area (Å²) in [6.45, 7) is 1.40. The third-order valence-corrected chi connectivity index (χ3v) is 1.90. The van der Waals surface area contributed by atoms with Crippen molar-refractivity contribution >= 4 is 5.97 Å². The number of halogens is 2. The van der Waals surface area contributed by atoms with Crippen molar-refractivity contribution in [3.8, 4) is 0 Å². The van der Waals surface area contributed by atoms with E-state index in [9.17, 15) is 13.6 Å². The summed E-state index contributed by atoms with van der Waals surface area (Å²) >= 11 is 0. The molecule has 0 radical (unpaired) electrons. The Bertz CT molecular complexity index is 394. The third kappa shape index (κ3) is 2.27. The van der Waals surface area contributed by atoms with Gasteiger partial charge in [-0.1, -0.05) is 0 Å². The summed E-state index contributed by atoms with van der Waals surface area (Å²) in [5.41, 5.74) is 4.58. The van der Waals surface area contributed by atoms with E-state index in [0.29, 0.717) is 5.69 Å². The van der Waals surface area contributed by atoms with E-state index < -0.39 is 23.7 Å². The molecule has 4 nitrogen and oxygen atoms in total. The molecule has 0 atom stereocenters. The molecule has 6 heteroatoms. The van der Waals surface area contributed by atoms with Crippen LogP contribution in [-0.4, -0.2) is 16.1 Å². The molecular formula is C9H10F2N2O2. The number of aryl methyl sites for hydroxylation is 1. The highest BCUT2D eigenvalue weighted by atomic mass is 19.3. The second kappa shape index (κ2) is 4.31. The van der Waals surface area contributed by atoms with Crippen molar-refractivity contribution in [1.29, 1.82) is 0 Å². The number of nitrogens with two attached hydrogens (primary N) is 1. The van der Waals surface area contributed by atoms with Crippen LogP contribution < -0.4 is 5.73 Å². The molecule has 82 valence electrons. The van der Waals surface area contributed by atoms with Crippen LogP contribution in [0.5, 0.6) is 0 Å². The molecule has 0 amide bonds. The van der Waals surface area contributed by atoms with Crippen molar-refractivity contribution in [2.75, 3.05) is 0 Å². The largest absolute Gasteiger partial charge is 0.478 e. The Morgan fingerprint density at radius 3 is 2.67 bits per heavy atom. The quantitative estimate of drug-likeness (QED) is 0.802. The second-order valence-electron chi connectivity index (χ2n) is 2.99. The standard InChI is InChI=1S/C9H10F2N2O2/c1-4-2-5(3-12)6(9(14)15)7(13-4)8(10)11/h2,8H,3,12H2,1H3,(H,14,15). The van der Waals surface area contributed by atoms with Gasteiger partial charge in [0.15, 0.2) is 0 Å². The van der Waals surface area contributed by atoms with E-state index in [-0.39, 0.29) is 12.1 Å². The number of carboxylic acids is 1. The van der Waals surface area contributed by atoms with Gasteiger partial charge in [0.25, 0.3) is 6.43 Å². The van der Waals surface area contributed by atoms with Crippen LogP contribution in [0.2, 0.25) is 0 Å². The fourth-order valence-corrected chi connectivity index (χ4v) is 1.33. The monoisotopic (exact) mass is 216 g/mol. The molecule has 0 unspecified atom stereocenters. The molecule has 0 aliphatic rings. The zero-order chi connectivity index (χ0) is 11.6. The molecular weight excluding hydrogens is 206 g/mol. The Hall–Kier alpha value is -1.56. The molecule has 1 aromatic heterocycles. The molecule has 0 aliphatic heterocycles. The van der Waals surface area contributed by atoms with Crippen LogP contribution in [0.3, 0.4) is 0 Å². The van der Waals surface area contributed by atoms with E-state index in [1.807, 2.05) is 0 Å². The van der Waals surface area contributed by atoms with Gasteiger partial charge in [0.2, 0.25) is 0 Å². The van der Waals surface area contributed by atoms with Gasteiger partial charge in [-0.25, -0.2) is 13.6 Å². The maximum absolute atomic E-state index is 12.5. The van der Waals surface area contributed by atoms with Crippen molar-refractivity contribution < 1.29 is 18.7 Å². The van der Waals surface area contributed by atoms with Gasteiger partial charge >= 0.3 is 5.97 Å². The Labute approximate surface area is 84.7 Å². The summed E-state index contributed by atoms with van der Waals surface area (Å²) in [7, 11) is 0. The van der Waals surface area contributed by atoms with Crippen LogP contribution in [0.4, 0.5) is 8.78 Å². The molecule has 1 aromatic rings. The summed E-state index contributed by atoms with van der Waals surface area (Å²) in [5, 5.41) is 8.79. The number of alkyl halides is 2. The fourth-order valence-electron chi connectivity index (χ4n) is 1.33. The number of nitrogens with zero attached hydrogens (tertiary/aromatic N) is 1. The van der Waals surface area contributed by atoms with Gasteiger partial charge in [0.1, 0.15) is 5.69 Å². The zero-order valence-electron chi connectivity index (χ0n) is 8.00. The van der Waals surface area contributed by atoms with E-state index >= 15 is 0 Å². The molecule has 15 heavy (non-hydrogen) atoms. The highest BCUT2D eigenvalue weighted by molar-refractivity contribution is 5.90. The number of rotatable bonds is 3. The van der Waals surface area contributed by atoms with Crippen molar-refractivity contribution in [3.63, 3.8) is 0 Å². The van der Waals surface area contributed by atoms with E-state index in [2.05, 4.69) is 4.98 Å². The smallest absolute Gasteiger partial charge is 0.338 e. The van der Waals surface area contributed by atoms with E-state index in [1.165, 1.54) is 13.0 Å². The lowest BCUT2D eigenvalue weighted by atomic mass is 10.1. The number of aromatic nitrogens is 1. The molecule has 0 bridgehead atoms. The first-order chi connectivity index (χ1) is 6.97. The maximum Gasteiger partial charge on any atom is 0.338 e. The Morgan fingerprint density at radius 2 is 2.27 bits per heavy atom. The minimum Gasteiger partial charge on any atom is -0.478 e. The molecule has 3 N–H and O–H groups in total. The summed E-state index contributed by atoms with van der Waals surface area (Å²) < 4.78 is 25.0. The molecule has 0 saturated heterocycles. The van der Waals surface area contributed by atoms with Gasteiger partial charge in [0.05, 0.1) is 5.56 Å².